The van der Waals surface area contributed by atoms with Gasteiger partial charge in [-0.15, -0.1) is 0 Å². The van der Waals surface area contributed by atoms with Gasteiger partial charge in [0.25, 0.3) is 0 Å². The van der Waals surface area contributed by atoms with Gasteiger partial charge in [0.2, 0.25) is 0 Å². The Balaban J connectivity index is 0.000000219. The van der Waals surface area contributed by atoms with Crippen molar-refractivity contribution in [1.82, 2.24) is 0 Å². The Bertz CT molecular complexity index is 508. The fourth-order valence-corrected chi connectivity index (χ4v) is 2.57. The summed E-state index contributed by atoms with van der Waals surface area (Å²) in [6.07, 6.45) is 4.65. The van der Waals surface area contributed by atoms with Crippen LogP contribution in [0.3, 0.4) is 0 Å². The number of hydrogen-bond acceptors (Lipinski definition) is 1. The molecule has 0 saturated carbocycles. The van der Waals surface area contributed by atoms with Gasteiger partial charge in [-0.05, 0) is 35.6 Å². The monoisotopic (exact) mass is 348 g/mol. The molecule has 2 rings (SSSR count). The number of aliphatic hydroxyl groups excluding tert-OH is 1. The Morgan fingerprint density at radius 1 is 0.857 bits per heavy atom. The number of halogens is 1. The minimum absolute atomic E-state index is 0.129. The molecule has 0 amide bonds. The molecule has 0 radical (unpaired) electrons. The van der Waals surface area contributed by atoms with Gasteiger partial charge in [0.1, 0.15) is 0 Å². The van der Waals surface area contributed by atoms with Crippen molar-refractivity contribution in [1.29, 1.82) is 0 Å². The third-order valence-corrected chi connectivity index (χ3v) is 3.97. The van der Waals surface area contributed by atoms with Crippen LogP contribution in [-0.2, 0) is 19.4 Å². The van der Waals surface area contributed by atoms with Gasteiger partial charge in [0.05, 0.1) is 6.61 Å². The fourth-order valence-electron chi connectivity index (χ4n) is 2.12. The summed E-state index contributed by atoms with van der Waals surface area (Å²) >= 11 is 3.48. The predicted octanol–water partition coefficient (Wildman–Crippen LogP) is 5.53. The SMILES string of the molecule is CCCc1cc(CO)ccc1Br.CCCc1ccccc1. The fraction of sp³-hybridized carbons (Fsp3) is 0.368. The summed E-state index contributed by atoms with van der Waals surface area (Å²) in [7, 11) is 0. The first kappa shape index (κ1) is 17.9. The highest BCUT2D eigenvalue weighted by Gasteiger charge is 1.99. The summed E-state index contributed by atoms with van der Waals surface area (Å²) in [4.78, 5) is 0. The lowest BCUT2D eigenvalue weighted by Crippen LogP contribution is -1.89. The van der Waals surface area contributed by atoms with Crippen LogP contribution >= 0.6 is 15.9 Å². The maximum Gasteiger partial charge on any atom is 0.0681 e. The Kier molecular flexibility index (Phi) is 9.04. The summed E-state index contributed by atoms with van der Waals surface area (Å²) in [5, 5.41) is 8.91. The normalized spacial score (nSPS) is 9.90. The van der Waals surface area contributed by atoms with Crippen molar-refractivity contribution in [3.05, 3.63) is 69.7 Å². The number of aliphatic hydroxyl groups is 1. The standard InChI is InChI=1S/C10H13BrO.C9H12/c1-2-3-9-6-8(7-12)4-5-10(9)11;1-2-6-9-7-4-3-5-8-9/h4-6,12H,2-3,7H2,1H3;3-5,7-8H,2,6H2,1H3. The van der Waals surface area contributed by atoms with Crippen LogP contribution in [0.15, 0.2) is 53.0 Å². The average molecular weight is 349 g/mol. The maximum absolute atomic E-state index is 8.91. The lowest BCUT2D eigenvalue weighted by molar-refractivity contribution is 0.281. The van der Waals surface area contributed by atoms with Crippen molar-refractivity contribution in [2.24, 2.45) is 0 Å². The number of hydrogen-bond donors (Lipinski definition) is 1. The Morgan fingerprint density at radius 2 is 1.52 bits per heavy atom. The van der Waals surface area contributed by atoms with Crippen LogP contribution in [0.4, 0.5) is 0 Å². The summed E-state index contributed by atoms with van der Waals surface area (Å²) in [5.41, 5.74) is 3.71. The molecule has 114 valence electrons. The number of rotatable bonds is 5. The van der Waals surface area contributed by atoms with Crippen LogP contribution < -0.4 is 0 Å². The summed E-state index contributed by atoms with van der Waals surface area (Å²) in [5.74, 6) is 0. The van der Waals surface area contributed by atoms with Crippen LogP contribution in [0.25, 0.3) is 0 Å². The molecular weight excluding hydrogens is 324 g/mol. The smallest absolute Gasteiger partial charge is 0.0681 e. The first-order chi connectivity index (χ1) is 10.2. The molecular formula is C19H25BrO. The van der Waals surface area contributed by atoms with Crippen LogP contribution in [0, 0.1) is 0 Å². The van der Waals surface area contributed by atoms with Gasteiger partial charge in [0, 0.05) is 4.47 Å². The number of benzene rings is 2. The van der Waals surface area contributed by atoms with Gasteiger partial charge in [-0.3, -0.25) is 0 Å². The molecule has 0 aromatic heterocycles. The highest BCUT2D eigenvalue weighted by molar-refractivity contribution is 9.10. The zero-order chi connectivity index (χ0) is 15.5. The van der Waals surface area contributed by atoms with E-state index in [-0.39, 0.29) is 6.61 Å². The highest BCUT2D eigenvalue weighted by Crippen LogP contribution is 2.19. The topological polar surface area (TPSA) is 20.2 Å². The van der Waals surface area contributed by atoms with E-state index in [1.807, 2.05) is 18.2 Å². The van der Waals surface area contributed by atoms with Crippen LogP contribution in [-0.4, -0.2) is 5.11 Å². The van der Waals surface area contributed by atoms with Crippen LogP contribution in [0.2, 0.25) is 0 Å². The minimum Gasteiger partial charge on any atom is -0.392 e. The van der Waals surface area contributed by atoms with Gasteiger partial charge in [-0.2, -0.15) is 0 Å². The van der Waals surface area contributed by atoms with Crippen molar-refractivity contribution >= 4 is 15.9 Å². The third-order valence-electron chi connectivity index (χ3n) is 3.19. The lowest BCUT2D eigenvalue weighted by Gasteiger charge is -2.04. The van der Waals surface area contributed by atoms with Crippen LogP contribution in [0.5, 0.6) is 0 Å². The van der Waals surface area contributed by atoms with Crippen molar-refractivity contribution in [2.45, 2.75) is 46.1 Å². The maximum atomic E-state index is 8.91. The van der Waals surface area contributed by atoms with Crippen molar-refractivity contribution in [3.63, 3.8) is 0 Å². The van der Waals surface area contributed by atoms with E-state index in [0.717, 1.165) is 22.9 Å². The van der Waals surface area contributed by atoms with Gasteiger partial charge < -0.3 is 5.11 Å². The Hall–Kier alpha value is -1.12. The van der Waals surface area contributed by atoms with E-state index in [1.54, 1.807) is 0 Å². The minimum atomic E-state index is 0.129. The van der Waals surface area contributed by atoms with Crippen molar-refractivity contribution < 1.29 is 5.11 Å². The van der Waals surface area contributed by atoms with E-state index < -0.39 is 0 Å². The van der Waals surface area contributed by atoms with E-state index >= 15 is 0 Å². The van der Waals surface area contributed by atoms with E-state index in [2.05, 4.69) is 60.1 Å². The van der Waals surface area contributed by atoms with Crippen molar-refractivity contribution in [2.75, 3.05) is 0 Å². The molecule has 0 aliphatic heterocycles. The van der Waals surface area contributed by atoms with Gasteiger partial charge >= 0.3 is 0 Å². The third kappa shape index (κ3) is 6.92. The molecule has 2 heteroatoms. The van der Waals surface area contributed by atoms with Gasteiger partial charge in [-0.1, -0.05) is 85.1 Å². The molecule has 1 N–H and O–H groups in total. The molecule has 0 atom stereocenters. The first-order valence-corrected chi connectivity index (χ1v) is 8.42. The van der Waals surface area contributed by atoms with Gasteiger partial charge in [0.15, 0.2) is 0 Å². The molecule has 0 spiro atoms. The summed E-state index contributed by atoms with van der Waals surface area (Å²) in [6.45, 7) is 4.48. The lowest BCUT2D eigenvalue weighted by atomic mass is 10.1. The summed E-state index contributed by atoms with van der Waals surface area (Å²) in [6, 6.07) is 16.6. The molecule has 0 saturated heterocycles. The van der Waals surface area contributed by atoms with Crippen molar-refractivity contribution in [3.8, 4) is 0 Å². The van der Waals surface area contributed by atoms with E-state index in [9.17, 15) is 0 Å². The predicted molar refractivity (Wildman–Crippen MR) is 94.5 cm³/mol. The van der Waals surface area contributed by atoms with E-state index in [0.29, 0.717) is 0 Å². The Morgan fingerprint density at radius 3 is 2.10 bits per heavy atom. The largest absolute Gasteiger partial charge is 0.392 e. The first-order valence-electron chi connectivity index (χ1n) is 7.63. The highest BCUT2D eigenvalue weighted by atomic mass is 79.9. The summed E-state index contributed by atoms with van der Waals surface area (Å²) < 4.78 is 1.14. The molecule has 2 aromatic carbocycles. The molecule has 0 aliphatic rings. The zero-order valence-corrected chi connectivity index (χ0v) is 14.6. The van der Waals surface area contributed by atoms with Crippen LogP contribution in [0.1, 0.15) is 43.4 Å². The molecule has 0 heterocycles. The molecule has 0 aliphatic carbocycles. The Labute approximate surface area is 137 Å². The molecule has 2 aromatic rings. The van der Waals surface area contributed by atoms with E-state index in [4.69, 9.17) is 5.11 Å². The molecule has 0 unspecified atom stereocenters. The molecule has 0 fully saturated rings. The second-order valence-electron chi connectivity index (χ2n) is 5.07. The molecule has 1 nitrogen and oxygen atoms in total. The number of aryl methyl sites for hydroxylation is 2. The van der Waals surface area contributed by atoms with Gasteiger partial charge in [-0.25, -0.2) is 0 Å². The molecule has 21 heavy (non-hydrogen) atoms. The second-order valence-corrected chi connectivity index (χ2v) is 5.92. The van der Waals surface area contributed by atoms with E-state index in [1.165, 1.54) is 24.0 Å². The second kappa shape index (κ2) is 10.6. The quantitative estimate of drug-likeness (QED) is 0.752. The zero-order valence-electron chi connectivity index (χ0n) is 13.0. The molecule has 0 bridgehead atoms. The average Bonchev–Trinajstić information content (AvgIpc) is 2.52.